The molecule has 0 unspecified atom stereocenters. The summed E-state index contributed by atoms with van der Waals surface area (Å²) in [6.45, 7) is 1.96. The average molecular weight is 353 g/mol. The third kappa shape index (κ3) is 3.23. The van der Waals surface area contributed by atoms with Gasteiger partial charge in [0.05, 0.1) is 11.4 Å². The normalized spacial score (nSPS) is 17.7. The van der Waals surface area contributed by atoms with Gasteiger partial charge in [-0.1, -0.05) is 37.3 Å². The van der Waals surface area contributed by atoms with Crippen molar-refractivity contribution in [1.29, 1.82) is 0 Å². The maximum absolute atomic E-state index is 14.0. The van der Waals surface area contributed by atoms with E-state index in [2.05, 4.69) is 10.3 Å². The number of aliphatic imine (C=N–C) groups is 1. The summed E-state index contributed by atoms with van der Waals surface area (Å²) in [5.41, 5.74) is 1.37. The fraction of sp³-hybridized carbons (Fsp3) is 0.158. The number of para-hydroxylation sites is 2. The van der Waals surface area contributed by atoms with Gasteiger partial charge in [0.25, 0.3) is 5.91 Å². The number of aryl methyl sites for hydroxylation is 1. The van der Waals surface area contributed by atoms with Crippen LogP contribution < -0.4 is 10.2 Å². The predicted molar refractivity (Wildman–Crippen MR) is 94.9 cm³/mol. The number of hydrogen-bond donors (Lipinski definition) is 1. The lowest BCUT2D eigenvalue weighted by Crippen LogP contribution is -2.58. The van der Waals surface area contributed by atoms with E-state index in [0.717, 1.165) is 18.1 Å². The van der Waals surface area contributed by atoms with Gasteiger partial charge in [-0.15, -0.1) is 0 Å². The molecular weight excluding hydrogens is 337 g/mol. The standard InChI is InChI=1S/C19H16FN3O3/c1-2-12-7-3-5-9-15(12)21-11-13-17(24)22-19(26)23(18(13)25)16-10-6-4-8-14(16)20/h3-11,13H,2H2,1H3,(H,22,24,26)/t13-/m1/s1. The highest BCUT2D eigenvalue weighted by Crippen LogP contribution is 2.24. The second kappa shape index (κ2) is 7.26. The highest BCUT2D eigenvalue weighted by Gasteiger charge is 2.41. The zero-order valence-electron chi connectivity index (χ0n) is 14.0. The van der Waals surface area contributed by atoms with Crippen LogP contribution in [-0.2, 0) is 16.0 Å². The molecule has 0 aliphatic carbocycles. The number of hydrogen-bond acceptors (Lipinski definition) is 4. The number of barbiturate groups is 1. The molecule has 3 rings (SSSR count). The van der Waals surface area contributed by atoms with E-state index in [4.69, 9.17) is 0 Å². The molecule has 1 aliphatic heterocycles. The first-order chi connectivity index (χ1) is 12.5. The number of nitrogens with one attached hydrogen (secondary N) is 1. The smallest absolute Gasteiger partial charge is 0.276 e. The first-order valence-corrected chi connectivity index (χ1v) is 8.08. The van der Waals surface area contributed by atoms with E-state index in [-0.39, 0.29) is 5.69 Å². The third-order valence-electron chi connectivity index (χ3n) is 4.03. The van der Waals surface area contributed by atoms with Gasteiger partial charge in [-0.25, -0.2) is 14.1 Å². The SMILES string of the molecule is CCc1ccccc1N=C[C@@H]1C(=O)NC(=O)N(c2ccccc2F)C1=O. The van der Waals surface area contributed by atoms with Crippen molar-refractivity contribution < 1.29 is 18.8 Å². The molecular formula is C19H16FN3O3. The largest absolute Gasteiger partial charge is 0.335 e. The second-order valence-corrected chi connectivity index (χ2v) is 5.66. The van der Waals surface area contributed by atoms with Gasteiger partial charge < -0.3 is 0 Å². The molecule has 132 valence electrons. The Morgan fingerprint density at radius 3 is 2.54 bits per heavy atom. The van der Waals surface area contributed by atoms with E-state index in [1.54, 1.807) is 12.1 Å². The predicted octanol–water partition coefficient (Wildman–Crippen LogP) is 2.99. The van der Waals surface area contributed by atoms with E-state index in [1.807, 2.05) is 19.1 Å². The molecule has 26 heavy (non-hydrogen) atoms. The van der Waals surface area contributed by atoms with E-state index in [0.29, 0.717) is 10.6 Å². The summed E-state index contributed by atoms with van der Waals surface area (Å²) < 4.78 is 14.0. The van der Waals surface area contributed by atoms with Gasteiger partial charge in [0.15, 0.2) is 5.92 Å². The zero-order valence-corrected chi connectivity index (χ0v) is 14.0. The maximum Gasteiger partial charge on any atom is 0.335 e. The number of anilines is 1. The summed E-state index contributed by atoms with van der Waals surface area (Å²) in [4.78, 5) is 41.7. The molecule has 6 nitrogen and oxygen atoms in total. The van der Waals surface area contributed by atoms with E-state index < -0.39 is 29.6 Å². The molecule has 7 heteroatoms. The van der Waals surface area contributed by atoms with Gasteiger partial charge in [-0.2, -0.15) is 0 Å². The van der Waals surface area contributed by atoms with Gasteiger partial charge in [0, 0.05) is 6.21 Å². The van der Waals surface area contributed by atoms with Crippen LogP contribution in [0.3, 0.4) is 0 Å². The molecule has 1 aliphatic rings. The number of carbonyl (C=O) groups is 3. The van der Waals surface area contributed by atoms with Crippen molar-refractivity contribution in [2.75, 3.05) is 4.90 Å². The average Bonchev–Trinajstić information content (AvgIpc) is 2.63. The zero-order chi connectivity index (χ0) is 18.7. The molecule has 1 saturated heterocycles. The molecule has 2 aromatic rings. The monoisotopic (exact) mass is 353 g/mol. The first kappa shape index (κ1) is 17.5. The molecule has 4 amide bonds. The Kier molecular flexibility index (Phi) is 4.88. The van der Waals surface area contributed by atoms with Crippen molar-refractivity contribution in [3.8, 4) is 0 Å². The Morgan fingerprint density at radius 2 is 1.81 bits per heavy atom. The van der Waals surface area contributed by atoms with Crippen LogP contribution in [0.25, 0.3) is 0 Å². The quantitative estimate of drug-likeness (QED) is 0.678. The molecule has 2 aromatic carbocycles. The van der Waals surface area contributed by atoms with Crippen LogP contribution in [0.2, 0.25) is 0 Å². The molecule has 0 radical (unpaired) electrons. The molecule has 0 saturated carbocycles. The van der Waals surface area contributed by atoms with Crippen LogP contribution in [0.15, 0.2) is 53.5 Å². The van der Waals surface area contributed by atoms with Gasteiger partial charge in [-0.3, -0.25) is 19.9 Å². The van der Waals surface area contributed by atoms with E-state index in [1.165, 1.54) is 24.4 Å². The fourth-order valence-electron chi connectivity index (χ4n) is 2.67. The second-order valence-electron chi connectivity index (χ2n) is 5.66. The lowest BCUT2D eigenvalue weighted by atomic mass is 10.1. The van der Waals surface area contributed by atoms with E-state index in [9.17, 15) is 18.8 Å². The first-order valence-electron chi connectivity index (χ1n) is 8.08. The summed E-state index contributed by atoms with van der Waals surface area (Å²) in [6.07, 6.45) is 1.92. The Balaban J connectivity index is 1.93. The van der Waals surface area contributed by atoms with Crippen LogP contribution in [0.5, 0.6) is 0 Å². The van der Waals surface area contributed by atoms with Gasteiger partial charge in [0.1, 0.15) is 5.82 Å². The van der Waals surface area contributed by atoms with Crippen molar-refractivity contribution in [3.63, 3.8) is 0 Å². The molecule has 0 spiro atoms. The summed E-state index contributed by atoms with van der Waals surface area (Å²) in [5, 5.41) is 2.07. The van der Waals surface area contributed by atoms with Crippen LogP contribution in [0.1, 0.15) is 12.5 Å². The molecule has 1 atom stereocenters. The van der Waals surface area contributed by atoms with Crippen LogP contribution in [0, 0.1) is 11.7 Å². The minimum atomic E-state index is -1.32. The van der Waals surface area contributed by atoms with Crippen LogP contribution >= 0.6 is 0 Å². The molecule has 0 bridgehead atoms. The number of amides is 4. The number of benzene rings is 2. The number of halogens is 1. The Bertz CT molecular complexity index is 910. The summed E-state index contributed by atoms with van der Waals surface area (Å²) in [5.74, 6) is -3.69. The van der Waals surface area contributed by atoms with Crippen LogP contribution in [0.4, 0.5) is 20.6 Å². The summed E-state index contributed by atoms with van der Waals surface area (Å²) in [7, 11) is 0. The minimum absolute atomic E-state index is 0.213. The Labute approximate surface area is 149 Å². The highest BCUT2D eigenvalue weighted by molar-refractivity contribution is 6.32. The van der Waals surface area contributed by atoms with Crippen molar-refractivity contribution in [1.82, 2.24) is 5.32 Å². The van der Waals surface area contributed by atoms with Gasteiger partial charge in [-0.05, 0) is 30.2 Å². The lowest BCUT2D eigenvalue weighted by Gasteiger charge is -2.28. The van der Waals surface area contributed by atoms with Crippen molar-refractivity contribution in [2.45, 2.75) is 13.3 Å². The molecule has 1 heterocycles. The number of nitrogens with zero attached hydrogens (tertiary/aromatic N) is 2. The van der Waals surface area contributed by atoms with E-state index >= 15 is 0 Å². The van der Waals surface area contributed by atoms with Crippen molar-refractivity contribution >= 4 is 35.4 Å². The number of urea groups is 1. The number of imide groups is 2. The Morgan fingerprint density at radius 1 is 1.12 bits per heavy atom. The van der Waals surface area contributed by atoms with Gasteiger partial charge in [0.2, 0.25) is 5.91 Å². The maximum atomic E-state index is 14.0. The van der Waals surface area contributed by atoms with Crippen molar-refractivity contribution in [2.24, 2.45) is 10.9 Å². The molecule has 0 aromatic heterocycles. The van der Waals surface area contributed by atoms with Crippen molar-refractivity contribution in [3.05, 3.63) is 59.9 Å². The Hall–Kier alpha value is -3.35. The van der Waals surface area contributed by atoms with Crippen LogP contribution in [-0.4, -0.2) is 24.1 Å². The lowest BCUT2D eigenvalue weighted by molar-refractivity contribution is -0.131. The molecule has 1 fully saturated rings. The highest BCUT2D eigenvalue weighted by atomic mass is 19.1. The number of rotatable bonds is 4. The fourth-order valence-corrected chi connectivity index (χ4v) is 2.67. The van der Waals surface area contributed by atoms with Gasteiger partial charge >= 0.3 is 6.03 Å². The minimum Gasteiger partial charge on any atom is -0.276 e. The molecule has 1 N–H and O–H groups in total. The third-order valence-corrected chi connectivity index (χ3v) is 4.03. The number of carbonyl (C=O) groups excluding carboxylic acids is 3. The summed E-state index contributed by atoms with van der Waals surface area (Å²) in [6, 6.07) is 11.7. The summed E-state index contributed by atoms with van der Waals surface area (Å²) >= 11 is 0. The topological polar surface area (TPSA) is 78.8 Å².